The molecular formula is C26H30NS+. The Kier molecular flexibility index (Phi) is 6.51. The first-order valence-electron chi connectivity index (χ1n) is 10.5. The van der Waals surface area contributed by atoms with Crippen LogP contribution >= 0.6 is 0 Å². The molecular weight excluding hydrogens is 358 g/mol. The van der Waals surface area contributed by atoms with Crippen LogP contribution < -0.4 is 0 Å². The molecule has 4 rings (SSSR count). The molecule has 0 spiro atoms. The average Bonchev–Trinajstić information content (AvgIpc) is 2.76. The molecule has 0 aromatic heterocycles. The average molecular weight is 389 g/mol. The van der Waals surface area contributed by atoms with E-state index >= 15 is 0 Å². The molecule has 0 bridgehead atoms. The summed E-state index contributed by atoms with van der Waals surface area (Å²) in [7, 11) is -0.0605. The van der Waals surface area contributed by atoms with Gasteiger partial charge in [-0.3, -0.25) is 4.90 Å². The highest BCUT2D eigenvalue weighted by Gasteiger charge is 2.29. The second-order valence-corrected chi connectivity index (χ2v) is 9.63. The van der Waals surface area contributed by atoms with Crippen molar-refractivity contribution in [3.8, 4) is 0 Å². The van der Waals surface area contributed by atoms with Gasteiger partial charge in [0.1, 0.15) is 0 Å². The van der Waals surface area contributed by atoms with Gasteiger partial charge in [0, 0.05) is 12.6 Å². The van der Waals surface area contributed by atoms with E-state index in [9.17, 15) is 0 Å². The summed E-state index contributed by atoms with van der Waals surface area (Å²) < 4.78 is 0. The topological polar surface area (TPSA) is 3.24 Å². The van der Waals surface area contributed by atoms with Crippen molar-refractivity contribution in [1.29, 1.82) is 0 Å². The van der Waals surface area contributed by atoms with Gasteiger partial charge in [0.2, 0.25) is 0 Å². The minimum Gasteiger partial charge on any atom is -0.296 e. The van der Waals surface area contributed by atoms with Gasteiger partial charge < -0.3 is 0 Å². The Morgan fingerprint density at radius 3 is 2.07 bits per heavy atom. The first-order chi connectivity index (χ1) is 13.8. The van der Waals surface area contributed by atoms with Crippen molar-refractivity contribution in [2.75, 3.05) is 6.54 Å². The fourth-order valence-electron chi connectivity index (χ4n) is 4.26. The molecule has 1 heterocycles. The van der Waals surface area contributed by atoms with Crippen LogP contribution in [0.2, 0.25) is 0 Å². The molecule has 28 heavy (non-hydrogen) atoms. The second-order valence-electron chi connectivity index (χ2n) is 7.61. The third-order valence-corrected chi connectivity index (χ3v) is 7.91. The van der Waals surface area contributed by atoms with E-state index in [1.54, 1.807) is 0 Å². The number of piperidine rings is 1. The summed E-state index contributed by atoms with van der Waals surface area (Å²) in [6.45, 7) is 4.65. The van der Waals surface area contributed by atoms with Crippen molar-refractivity contribution in [3.63, 3.8) is 0 Å². The predicted octanol–water partition coefficient (Wildman–Crippen LogP) is 6.55. The van der Waals surface area contributed by atoms with Gasteiger partial charge in [-0.05, 0) is 67.8 Å². The lowest BCUT2D eigenvalue weighted by atomic mass is 9.99. The van der Waals surface area contributed by atoms with E-state index in [2.05, 4.69) is 96.8 Å². The van der Waals surface area contributed by atoms with Gasteiger partial charge in [-0.2, -0.15) is 0 Å². The first-order valence-corrected chi connectivity index (χ1v) is 11.7. The summed E-state index contributed by atoms with van der Waals surface area (Å²) in [6.07, 6.45) is 5.35. The van der Waals surface area contributed by atoms with Crippen molar-refractivity contribution in [2.45, 2.75) is 59.9 Å². The third-order valence-electron chi connectivity index (χ3n) is 5.70. The highest BCUT2D eigenvalue weighted by molar-refractivity contribution is 7.97. The Morgan fingerprint density at radius 2 is 1.43 bits per heavy atom. The van der Waals surface area contributed by atoms with Gasteiger partial charge in [-0.1, -0.05) is 61.9 Å². The molecule has 0 aliphatic carbocycles. The maximum atomic E-state index is 2.70. The summed E-state index contributed by atoms with van der Waals surface area (Å²) in [5.74, 6) is 0. The molecule has 1 aliphatic heterocycles. The summed E-state index contributed by atoms with van der Waals surface area (Å²) in [4.78, 5) is 6.89. The van der Waals surface area contributed by atoms with Crippen LogP contribution in [0.25, 0.3) is 0 Å². The Bertz CT molecular complexity index is 822. The number of likely N-dealkylation sites (tertiary alicyclic amines) is 1. The summed E-state index contributed by atoms with van der Waals surface area (Å²) in [6, 6.07) is 31.9. The zero-order chi connectivity index (χ0) is 19.2. The van der Waals surface area contributed by atoms with E-state index < -0.39 is 0 Å². The molecule has 1 atom stereocenters. The number of hydrogen-bond acceptors (Lipinski definition) is 1. The lowest BCUT2D eigenvalue weighted by molar-refractivity contribution is 0.136. The molecule has 3 aromatic carbocycles. The van der Waals surface area contributed by atoms with Crippen LogP contribution in [0.3, 0.4) is 0 Å². The van der Waals surface area contributed by atoms with E-state index in [0.717, 1.165) is 12.6 Å². The molecule has 0 amide bonds. The van der Waals surface area contributed by atoms with Crippen molar-refractivity contribution in [1.82, 2.24) is 4.90 Å². The molecule has 1 aliphatic rings. The standard InChI is InChI=1S/C26H30NS/c1-2-23-13-9-10-19-27(23)21-22-12-11-18-26(20-22)28(24-14-5-3-6-15-24)25-16-7-4-8-17-25/h3-8,11-12,14-18,20,23H,2,9-10,13,19,21H2,1H3/q+1. The van der Waals surface area contributed by atoms with Crippen LogP contribution in [-0.4, -0.2) is 17.5 Å². The van der Waals surface area contributed by atoms with Crippen molar-refractivity contribution >= 4 is 10.9 Å². The van der Waals surface area contributed by atoms with E-state index in [0.29, 0.717) is 0 Å². The Morgan fingerprint density at radius 1 is 0.786 bits per heavy atom. The number of rotatable bonds is 6. The molecule has 1 nitrogen and oxygen atoms in total. The highest BCUT2D eigenvalue weighted by atomic mass is 32.2. The molecule has 1 unspecified atom stereocenters. The minimum absolute atomic E-state index is 0.0605. The van der Waals surface area contributed by atoms with Crippen molar-refractivity contribution < 1.29 is 0 Å². The van der Waals surface area contributed by atoms with Crippen LogP contribution in [0.5, 0.6) is 0 Å². The quantitative estimate of drug-likeness (QED) is 0.433. The van der Waals surface area contributed by atoms with Gasteiger partial charge in [0.15, 0.2) is 14.7 Å². The molecule has 1 fully saturated rings. The molecule has 3 aromatic rings. The van der Waals surface area contributed by atoms with Crippen LogP contribution in [0.15, 0.2) is 99.6 Å². The zero-order valence-corrected chi connectivity index (χ0v) is 17.6. The first kappa shape index (κ1) is 19.3. The van der Waals surface area contributed by atoms with Crippen LogP contribution in [0, 0.1) is 0 Å². The monoisotopic (exact) mass is 388 g/mol. The van der Waals surface area contributed by atoms with Crippen LogP contribution in [0.4, 0.5) is 0 Å². The fourth-order valence-corrected chi connectivity index (χ4v) is 6.42. The maximum Gasteiger partial charge on any atom is 0.166 e. The smallest absolute Gasteiger partial charge is 0.166 e. The maximum absolute atomic E-state index is 2.70. The Balaban J connectivity index is 1.65. The zero-order valence-electron chi connectivity index (χ0n) is 16.8. The van der Waals surface area contributed by atoms with Gasteiger partial charge in [0.25, 0.3) is 0 Å². The summed E-state index contributed by atoms with van der Waals surface area (Å²) >= 11 is 0. The molecule has 0 N–H and O–H groups in total. The SMILES string of the molecule is CCC1CCCCN1Cc1cccc([S+](c2ccccc2)c2ccccc2)c1. The molecule has 0 saturated carbocycles. The Labute approximate surface area is 172 Å². The minimum atomic E-state index is -0.0605. The van der Waals surface area contributed by atoms with Gasteiger partial charge in [-0.15, -0.1) is 0 Å². The molecule has 0 radical (unpaired) electrons. The molecule has 2 heteroatoms. The Hall–Kier alpha value is -2.03. The predicted molar refractivity (Wildman–Crippen MR) is 120 cm³/mol. The highest BCUT2D eigenvalue weighted by Crippen LogP contribution is 2.32. The third kappa shape index (κ3) is 4.51. The lowest BCUT2D eigenvalue weighted by Gasteiger charge is -2.35. The second kappa shape index (κ2) is 9.45. The lowest BCUT2D eigenvalue weighted by Crippen LogP contribution is -2.38. The van der Waals surface area contributed by atoms with E-state index in [1.807, 2.05) is 0 Å². The molecule has 144 valence electrons. The summed E-state index contributed by atoms with van der Waals surface area (Å²) in [5.41, 5.74) is 1.45. The van der Waals surface area contributed by atoms with Gasteiger partial charge in [0.05, 0.1) is 10.9 Å². The number of nitrogens with zero attached hydrogens (tertiary/aromatic N) is 1. The van der Waals surface area contributed by atoms with Gasteiger partial charge >= 0.3 is 0 Å². The van der Waals surface area contributed by atoms with Crippen LogP contribution in [-0.2, 0) is 17.4 Å². The van der Waals surface area contributed by atoms with Crippen molar-refractivity contribution in [3.05, 3.63) is 90.5 Å². The van der Waals surface area contributed by atoms with E-state index in [4.69, 9.17) is 0 Å². The van der Waals surface area contributed by atoms with E-state index in [-0.39, 0.29) is 10.9 Å². The van der Waals surface area contributed by atoms with E-state index in [1.165, 1.54) is 52.5 Å². The summed E-state index contributed by atoms with van der Waals surface area (Å²) in [5, 5.41) is 0. The van der Waals surface area contributed by atoms with Crippen molar-refractivity contribution in [2.24, 2.45) is 0 Å². The van der Waals surface area contributed by atoms with Crippen LogP contribution in [0.1, 0.15) is 38.2 Å². The molecule has 1 saturated heterocycles. The number of hydrogen-bond donors (Lipinski definition) is 0. The number of benzene rings is 3. The normalized spacial score (nSPS) is 17.7. The van der Waals surface area contributed by atoms with Gasteiger partial charge in [-0.25, -0.2) is 0 Å². The fraction of sp³-hybridized carbons (Fsp3) is 0.308. The largest absolute Gasteiger partial charge is 0.296 e.